The van der Waals surface area contributed by atoms with Crippen molar-refractivity contribution >= 4 is 11.4 Å². The van der Waals surface area contributed by atoms with Crippen molar-refractivity contribution in [2.75, 3.05) is 23.3 Å². The van der Waals surface area contributed by atoms with Gasteiger partial charge in [0.2, 0.25) is 0 Å². The first-order valence-electron chi connectivity index (χ1n) is 8.38. The van der Waals surface area contributed by atoms with Crippen LogP contribution in [0.4, 0.5) is 11.4 Å². The number of fused-ring (bicyclic) bond motifs is 1. The number of nitrogens with one attached hydrogen (secondary N) is 1. The van der Waals surface area contributed by atoms with Gasteiger partial charge in [0.05, 0.1) is 0 Å². The van der Waals surface area contributed by atoms with E-state index >= 15 is 0 Å². The molecule has 2 nitrogen and oxygen atoms in total. The van der Waals surface area contributed by atoms with Crippen molar-refractivity contribution in [2.45, 2.75) is 66.3 Å². The maximum atomic E-state index is 3.63. The zero-order chi connectivity index (χ0) is 15.8. The summed E-state index contributed by atoms with van der Waals surface area (Å²) < 4.78 is 0. The fourth-order valence-corrected chi connectivity index (χ4v) is 3.17. The topological polar surface area (TPSA) is 15.3 Å². The van der Waals surface area contributed by atoms with Crippen LogP contribution in [0.15, 0.2) is 12.1 Å². The highest BCUT2D eigenvalue weighted by atomic mass is 15.2. The fraction of sp³-hybridized carbons (Fsp3) is 0.684. The Morgan fingerprint density at radius 1 is 1.19 bits per heavy atom. The van der Waals surface area contributed by atoms with Gasteiger partial charge in [-0.25, -0.2) is 0 Å². The van der Waals surface area contributed by atoms with E-state index in [2.05, 4.69) is 70.8 Å². The summed E-state index contributed by atoms with van der Waals surface area (Å²) in [6.07, 6.45) is 1.23. The normalized spacial score (nSPS) is 17.3. The summed E-state index contributed by atoms with van der Waals surface area (Å²) in [4.78, 5) is 2.56. The molecule has 0 aliphatic carbocycles. The SMILES string of the molecule is Cc1cc2c(cc1NCC(C)C)C(C)(C)CCN2C(C)C. The van der Waals surface area contributed by atoms with Gasteiger partial charge in [-0.15, -0.1) is 0 Å². The molecular weight excluding hydrogens is 256 g/mol. The van der Waals surface area contributed by atoms with Gasteiger partial charge in [-0.1, -0.05) is 27.7 Å². The lowest BCUT2D eigenvalue weighted by molar-refractivity contribution is 0.442. The Hall–Kier alpha value is -1.18. The molecule has 118 valence electrons. The second-order valence-electron chi connectivity index (χ2n) is 7.88. The third-order valence-electron chi connectivity index (χ3n) is 4.68. The fourth-order valence-electron chi connectivity index (χ4n) is 3.17. The first kappa shape index (κ1) is 16.2. The van der Waals surface area contributed by atoms with Crippen molar-refractivity contribution in [3.05, 3.63) is 23.3 Å². The Labute approximate surface area is 130 Å². The van der Waals surface area contributed by atoms with Crippen LogP contribution in [-0.2, 0) is 5.41 Å². The minimum atomic E-state index is 0.267. The molecule has 0 saturated carbocycles. The van der Waals surface area contributed by atoms with Crippen LogP contribution in [0.3, 0.4) is 0 Å². The Kier molecular flexibility index (Phi) is 4.55. The average Bonchev–Trinajstić information content (AvgIpc) is 2.36. The van der Waals surface area contributed by atoms with E-state index in [1.165, 1.54) is 28.9 Å². The van der Waals surface area contributed by atoms with Crippen LogP contribution in [0.1, 0.15) is 59.1 Å². The van der Waals surface area contributed by atoms with E-state index in [4.69, 9.17) is 0 Å². The zero-order valence-electron chi connectivity index (χ0n) is 14.9. The van der Waals surface area contributed by atoms with Crippen molar-refractivity contribution in [1.82, 2.24) is 0 Å². The number of hydrogen-bond donors (Lipinski definition) is 1. The van der Waals surface area contributed by atoms with Gasteiger partial charge in [0, 0.05) is 30.5 Å². The monoisotopic (exact) mass is 288 g/mol. The molecule has 1 aromatic rings. The molecule has 0 unspecified atom stereocenters. The van der Waals surface area contributed by atoms with Crippen molar-refractivity contribution in [2.24, 2.45) is 5.92 Å². The average molecular weight is 288 g/mol. The van der Waals surface area contributed by atoms with E-state index in [-0.39, 0.29) is 5.41 Å². The second kappa shape index (κ2) is 5.90. The van der Waals surface area contributed by atoms with Crippen LogP contribution < -0.4 is 10.2 Å². The predicted molar refractivity (Wildman–Crippen MR) is 94.6 cm³/mol. The molecule has 1 aromatic carbocycles. The van der Waals surface area contributed by atoms with Gasteiger partial charge in [-0.2, -0.15) is 0 Å². The molecule has 21 heavy (non-hydrogen) atoms. The van der Waals surface area contributed by atoms with E-state index in [1.807, 2.05) is 0 Å². The first-order chi connectivity index (χ1) is 9.72. The Morgan fingerprint density at radius 3 is 2.43 bits per heavy atom. The molecule has 0 amide bonds. The lowest BCUT2D eigenvalue weighted by Crippen LogP contribution is -2.41. The van der Waals surface area contributed by atoms with E-state index < -0.39 is 0 Å². The van der Waals surface area contributed by atoms with Gasteiger partial charge in [-0.05, 0) is 61.8 Å². The van der Waals surface area contributed by atoms with Gasteiger partial charge in [0.15, 0.2) is 0 Å². The quantitative estimate of drug-likeness (QED) is 0.842. The first-order valence-corrected chi connectivity index (χ1v) is 8.38. The predicted octanol–water partition coefficient (Wildman–Crippen LogP) is 4.96. The standard InChI is InChI=1S/C19H32N2/c1-13(2)12-20-17-11-16-18(10-15(17)5)21(14(3)4)9-8-19(16,6)7/h10-11,13-14,20H,8-9,12H2,1-7H3. The van der Waals surface area contributed by atoms with Gasteiger partial charge < -0.3 is 10.2 Å². The molecule has 0 fully saturated rings. The summed E-state index contributed by atoms with van der Waals surface area (Å²) in [6.45, 7) is 18.3. The van der Waals surface area contributed by atoms with Crippen LogP contribution in [0, 0.1) is 12.8 Å². The van der Waals surface area contributed by atoms with Crippen LogP contribution in [0.25, 0.3) is 0 Å². The molecule has 0 bridgehead atoms. The largest absolute Gasteiger partial charge is 0.385 e. The number of aryl methyl sites for hydroxylation is 1. The smallest absolute Gasteiger partial charge is 0.0410 e. The molecule has 1 N–H and O–H groups in total. The van der Waals surface area contributed by atoms with Crippen LogP contribution in [0.5, 0.6) is 0 Å². The molecule has 0 aromatic heterocycles. The summed E-state index contributed by atoms with van der Waals surface area (Å²) in [5.41, 5.74) is 5.87. The molecule has 0 atom stereocenters. The van der Waals surface area contributed by atoms with Crippen LogP contribution in [-0.4, -0.2) is 19.1 Å². The number of anilines is 2. The highest BCUT2D eigenvalue weighted by molar-refractivity contribution is 5.68. The Bertz CT molecular complexity index is 501. The van der Waals surface area contributed by atoms with E-state index in [9.17, 15) is 0 Å². The number of nitrogens with zero attached hydrogens (tertiary/aromatic N) is 1. The zero-order valence-corrected chi connectivity index (χ0v) is 14.9. The Balaban J connectivity index is 2.43. The highest BCUT2D eigenvalue weighted by Gasteiger charge is 2.32. The summed E-state index contributed by atoms with van der Waals surface area (Å²) in [6, 6.07) is 5.36. The molecule has 0 saturated heterocycles. The number of benzene rings is 1. The minimum absolute atomic E-state index is 0.267. The molecular formula is C19H32N2. The van der Waals surface area contributed by atoms with Crippen LogP contribution in [0.2, 0.25) is 0 Å². The second-order valence-corrected chi connectivity index (χ2v) is 7.88. The maximum absolute atomic E-state index is 3.63. The molecule has 2 rings (SSSR count). The van der Waals surface area contributed by atoms with Gasteiger partial charge in [-0.3, -0.25) is 0 Å². The maximum Gasteiger partial charge on any atom is 0.0410 e. The van der Waals surface area contributed by atoms with Crippen LogP contribution >= 0.6 is 0 Å². The van der Waals surface area contributed by atoms with E-state index in [1.54, 1.807) is 0 Å². The molecule has 1 heterocycles. The summed E-state index contributed by atoms with van der Waals surface area (Å²) in [5.74, 6) is 0.667. The minimum Gasteiger partial charge on any atom is -0.385 e. The van der Waals surface area contributed by atoms with Crippen molar-refractivity contribution in [3.63, 3.8) is 0 Å². The van der Waals surface area contributed by atoms with Crippen molar-refractivity contribution in [1.29, 1.82) is 0 Å². The lowest BCUT2D eigenvalue weighted by atomic mass is 9.76. The molecule has 2 heteroatoms. The molecule has 0 spiro atoms. The summed E-state index contributed by atoms with van der Waals surface area (Å²) in [5, 5.41) is 3.63. The third kappa shape index (κ3) is 3.36. The number of rotatable bonds is 4. The van der Waals surface area contributed by atoms with Gasteiger partial charge >= 0.3 is 0 Å². The number of hydrogen-bond acceptors (Lipinski definition) is 2. The van der Waals surface area contributed by atoms with E-state index in [0.29, 0.717) is 12.0 Å². The summed E-state index contributed by atoms with van der Waals surface area (Å²) >= 11 is 0. The lowest BCUT2D eigenvalue weighted by Gasteiger charge is -2.43. The third-order valence-corrected chi connectivity index (χ3v) is 4.68. The van der Waals surface area contributed by atoms with E-state index in [0.717, 1.165) is 13.1 Å². The van der Waals surface area contributed by atoms with Crippen molar-refractivity contribution < 1.29 is 0 Å². The highest BCUT2D eigenvalue weighted by Crippen LogP contribution is 2.42. The molecule has 0 radical (unpaired) electrons. The molecule has 1 aliphatic rings. The molecule has 1 aliphatic heterocycles. The Morgan fingerprint density at radius 2 is 1.86 bits per heavy atom. The van der Waals surface area contributed by atoms with Crippen molar-refractivity contribution in [3.8, 4) is 0 Å². The van der Waals surface area contributed by atoms with Gasteiger partial charge in [0.1, 0.15) is 0 Å². The summed E-state index contributed by atoms with van der Waals surface area (Å²) in [7, 11) is 0. The van der Waals surface area contributed by atoms with Gasteiger partial charge in [0.25, 0.3) is 0 Å².